The van der Waals surface area contributed by atoms with Crippen molar-refractivity contribution < 1.29 is 14.3 Å². The first kappa shape index (κ1) is 16.2. The van der Waals surface area contributed by atoms with Gasteiger partial charge in [0.15, 0.2) is 6.04 Å². The Kier molecular flexibility index (Phi) is 5.27. The van der Waals surface area contributed by atoms with Gasteiger partial charge in [-0.1, -0.05) is 51.1 Å². The third-order valence-electron chi connectivity index (χ3n) is 3.07. The van der Waals surface area contributed by atoms with Gasteiger partial charge in [-0.25, -0.2) is 4.79 Å². The first-order valence-corrected chi connectivity index (χ1v) is 6.46. The van der Waals surface area contributed by atoms with Crippen molar-refractivity contribution in [3.05, 3.63) is 35.9 Å². The molecule has 0 saturated heterocycles. The molecule has 0 radical (unpaired) electrons. The van der Waals surface area contributed by atoms with Crippen molar-refractivity contribution in [2.24, 2.45) is 11.1 Å². The van der Waals surface area contributed by atoms with Crippen LogP contribution in [0.15, 0.2) is 30.3 Å². The van der Waals surface area contributed by atoms with Gasteiger partial charge in [-0.05, 0) is 11.0 Å². The molecule has 0 spiro atoms. The van der Waals surface area contributed by atoms with E-state index in [9.17, 15) is 9.59 Å². The Morgan fingerprint density at radius 2 is 1.75 bits per heavy atom. The van der Waals surface area contributed by atoms with Crippen LogP contribution in [0.5, 0.6) is 0 Å². The summed E-state index contributed by atoms with van der Waals surface area (Å²) in [6.45, 7) is 5.60. The highest BCUT2D eigenvalue weighted by molar-refractivity contribution is 5.88. The molecule has 0 aromatic heterocycles. The second-order valence-corrected chi connectivity index (χ2v) is 5.72. The molecule has 0 aliphatic carbocycles. The van der Waals surface area contributed by atoms with Crippen LogP contribution in [0, 0.1) is 5.41 Å². The number of benzene rings is 1. The fourth-order valence-electron chi connectivity index (χ4n) is 1.67. The molecule has 0 heterocycles. The number of carbonyl (C=O) groups excluding carboxylic acids is 2. The normalized spacial score (nSPS) is 14.2. The topological polar surface area (TPSA) is 81.4 Å². The molecule has 1 aromatic rings. The summed E-state index contributed by atoms with van der Waals surface area (Å²) in [4.78, 5) is 24.0. The molecule has 0 fully saturated rings. The molecule has 1 aromatic carbocycles. The summed E-state index contributed by atoms with van der Waals surface area (Å²) >= 11 is 0. The molecule has 20 heavy (non-hydrogen) atoms. The van der Waals surface area contributed by atoms with Gasteiger partial charge in [-0.3, -0.25) is 4.79 Å². The minimum absolute atomic E-state index is 0.378. The number of esters is 1. The third kappa shape index (κ3) is 4.06. The lowest BCUT2D eigenvalue weighted by molar-refractivity contribution is -0.145. The van der Waals surface area contributed by atoms with E-state index in [0.717, 1.165) is 0 Å². The number of ether oxygens (including phenoxy) is 1. The van der Waals surface area contributed by atoms with Gasteiger partial charge in [0.2, 0.25) is 5.91 Å². The van der Waals surface area contributed by atoms with Gasteiger partial charge in [-0.15, -0.1) is 0 Å². The maximum Gasteiger partial charge on any atom is 0.333 e. The predicted octanol–water partition coefficient (Wildman–Crippen LogP) is 1.39. The van der Waals surface area contributed by atoms with Gasteiger partial charge in [0.05, 0.1) is 13.2 Å². The van der Waals surface area contributed by atoms with Gasteiger partial charge < -0.3 is 15.8 Å². The Labute approximate surface area is 119 Å². The summed E-state index contributed by atoms with van der Waals surface area (Å²) in [5.74, 6) is -0.901. The Morgan fingerprint density at radius 1 is 1.20 bits per heavy atom. The van der Waals surface area contributed by atoms with Crippen LogP contribution in [0.1, 0.15) is 32.4 Å². The zero-order valence-electron chi connectivity index (χ0n) is 12.3. The van der Waals surface area contributed by atoms with Crippen molar-refractivity contribution in [2.75, 3.05) is 7.11 Å². The number of carbonyl (C=O) groups is 2. The van der Waals surface area contributed by atoms with Crippen LogP contribution in [0.2, 0.25) is 0 Å². The van der Waals surface area contributed by atoms with Crippen LogP contribution < -0.4 is 11.1 Å². The second-order valence-electron chi connectivity index (χ2n) is 5.72. The van der Waals surface area contributed by atoms with Gasteiger partial charge in [0, 0.05) is 0 Å². The van der Waals surface area contributed by atoms with Gasteiger partial charge in [0.1, 0.15) is 0 Å². The van der Waals surface area contributed by atoms with Crippen molar-refractivity contribution >= 4 is 11.9 Å². The number of rotatable bonds is 4. The van der Waals surface area contributed by atoms with Crippen molar-refractivity contribution in [3.63, 3.8) is 0 Å². The summed E-state index contributed by atoms with van der Waals surface area (Å²) in [5, 5.41) is 2.65. The molecule has 1 rings (SSSR count). The molecule has 0 bridgehead atoms. The Balaban J connectivity index is 2.93. The summed E-state index contributed by atoms with van der Waals surface area (Å²) in [6.07, 6.45) is 0. The highest BCUT2D eigenvalue weighted by atomic mass is 16.5. The maximum absolute atomic E-state index is 12.1. The van der Waals surface area contributed by atoms with E-state index >= 15 is 0 Å². The third-order valence-corrected chi connectivity index (χ3v) is 3.07. The van der Waals surface area contributed by atoms with Crippen LogP contribution in [0.25, 0.3) is 0 Å². The van der Waals surface area contributed by atoms with Crippen LogP contribution in [0.4, 0.5) is 0 Å². The minimum atomic E-state index is -0.845. The maximum atomic E-state index is 12.1. The van der Waals surface area contributed by atoms with E-state index in [1.54, 1.807) is 24.3 Å². The number of nitrogens with two attached hydrogens (primary N) is 1. The van der Waals surface area contributed by atoms with Crippen LogP contribution in [0.3, 0.4) is 0 Å². The first-order valence-electron chi connectivity index (χ1n) is 6.46. The van der Waals surface area contributed by atoms with Crippen LogP contribution in [-0.2, 0) is 14.3 Å². The Hall–Kier alpha value is -1.88. The largest absolute Gasteiger partial charge is 0.467 e. The summed E-state index contributed by atoms with van der Waals surface area (Å²) < 4.78 is 4.74. The number of nitrogens with one attached hydrogen (secondary N) is 1. The number of hydrogen-bond donors (Lipinski definition) is 2. The Bertz CT molecular complexity index is 466. The fourth-order valence-corrected chi connectivity index (χ4v) is 1.67. The van der Waals surface area contributed by atoms with E-state index in [1.807, 2.05) is 26.8 Å². The molecule has 3 N–H and O–H groups in total. The molecule has 0 aliphatic rings. The Morgan fingerprint density at radius 3 is 2.20 bits per heavy atom. The molecule has 0 aliphatic heterocycles. The SMILES string of the molecule is COC(=O)C(NC(=O)[C@@H](N)C(C)(C)C)c1ccccc1. The molecule has 2 atom stereocenters. The van der Waals surface area contributed by atoms with Crippen molar-refractivity contribution in [3.8, 4) is 0 Å². The van der Waals surface area contributed by atoms with Crippen molar-refractivity contribution in [1.82, 2.24) is 5.32 Å². The van der Waals surface area contributed by atoms with Crippen LogP contribution >= 0.6 is 0 Å². The first-order chi connectivity index (χ1) is 9.27. The highest BCUT2D eigenvalue weighted by Gasteiger charge is 2.31. The summed E-state index contributed by atoms with van der Waals surface area (Å²) in [6, 6.07) is 7.37. The molecule has 110 valence electrons. The average molecular weight is 278 g/mol. The molecule has 5 heteroatoms. The van der Waals surface area contributed by atoms with Gasteiger partial charge in [0.25, 0.3) is 0 Å². The van der Waals surface area contributed by atoms with Gasteiger partial charge in [-0.2, -0.15) is 0 Å². The summed E-state index contributed by atoms with van der Waals surface area (Å²) in [7, 11) is 1.29. The van der Waals surface area contributed by atoms with E-state index in [2.05, 4.69) is 5.32 Å². The monoisotopic (exact) mass is 278 g/mol. The molecule has 1 unspecified atom stereocenters. The quantitative estimate of drug-likeness (QED) is 0.815. The molecule has 0 saturated carbocycles. The number of amides is 1. The molecule has 1 amide bonds. The van der Waals surface area contributed by atoms with E-state index in [-0.39, 0.29) is 11.3 Å². The zero-order chi connectivity index (χ0) is 15.3. The minimum Gasteiger partial charge on any atom is -0.467 e. The van der Waals surface area contributed by atoms with Crippen molar-refractivity contribution in [1.29, 1.82) is 0 Å². The van der Waals surface area contributed by atoms with E-state index in [4.69, 9.17) is 10.5 Å². The molecular formula is C15H22N2O3. The highest BCUT2D eigenvalue weighted by Crippen LogP contribution is 2.19. The average Bonchev–Trinajstić information content (AvgIpc) is 2.42. The van der Waals surface area contributed by atoms with Crippen LogP contribution in [-0.4, -0.2) is 25.0 Å². The lowest BCUT2D eigenvalue weighted by atomic mass is 9.86. The van der Waals surface area contributed by atoms with E-state index in [1.165, 1.54) is 7.11 Å². The predicted molar refractivity (Wildman–Crippen MR) is 76.8 cm³/mol. The molecular weight excluding hydrogens is 256 g/mol. The zero-order valence-corrected chi connectivity index (χ0v) is 12.3. The number of hydrogen-bond acceptors (Lipinski definition) is 4. The fraction of sp³-hybridized carbons (Fsp3) is 0.467. The lowest BCUT2D eigenvalue weighted by Crippen LogP contribution is -2.50. The van der Waals surface area contributed by atoms with E-state index < -0.39 is 18.1 Å². The van der Waals surface area contributed by atoms with Crippen molar-refractivity contribution in [2.45, 2.75) is 32.9 Å². The lowest BCUT2D eigenvalue weighted by Gasteiger charge is -2.27. The molecule has 5 nitrogen and oxygen atoms in total. The van der Waals surface area contributed by atoms with Gasteiger partial charge >= 0.3 is 5.97 Å². The summed E-state index contributed by atoms with van der Waals surface area (Å²) in [5.41, 5.74) is 6.17. The number of methoxy groups -OCH3 is 1. The standard InChI is InChI=1S/C15H22N2O3/c1-15(2,3)12(16)13(18)17-11(14(19)20-4)10-8-6-5-7-9-10/h5-9,11-12H,16H2,1-4H3,(H,17,18)/t11?,12-/m1/s1. The van der Waals surface area contributed by atoms with E-state index in [0.29, 0.717) is 5.56 Å². The second kappa shape index (κ2) is 6.52. The smallest absolute Gasteiger partial charge is 0.333 e.